The van der Waals surface area contributed by atoms with Crippen molar-refractivity contribution in [1.82, 2.24) is 9.80 Å². The van der Waals surface area contributed by atoms with Gasteiger partial charge >= 0.3 is 0 Å². The Morgan fingerprint density at radius 1 is 1.14 bits per heavy atom. The second-order valence-corrected chi connectivity index (χ2v) is 6.20. The second kappa shape index (κ2) is 5.17. The number of rotatable bonds is 2. The average molecular weight is 286 g/mol. The van der Waals surface area contributed by atoms with Crippen LogP contribution in [0.1, 0.15) is 43.9 Å². The first-order valence-electron chi connectivity index (χ1n) is 7.70. The first-order valence-corrected chi connectivity index (χ1v) is 7.70. The molecule has 0 saturated carbocycles. The summed E-state index contributed by atoms with van der Waals surface area (Å²) in [6.45, 7) is 6.63. The first-order chi connectivity index (χ1) is 10.0. The number of aryl methyl sites for hydroxylation is 1. The molecular formula is C17H22N2O2. The summed E-state index contributed by atoms with van der Waals surface area (Å²) < 4.78 is 0. The Kier molecular flexibility index (Phi) is 3.47. The summed E-state index contributed by atoms with van der Waals surface area (Å²) in [6.07, 6.45) is 1.73. The molecule has 2 saturated heterocycles. The van der Waals surface area contributed by atoms with E-state index >= 15 is 0 Å². The lowest BCUT2D eigenvalue weighted by Crippen LogP contribution is -2.62. The molecular weight excluding hydrogens is 264 g/mol. The molecule has 2 fully saturated rings. The van der Waals surface area contributed by atoms with Gasteiger partial charge in [-0.1, -0.05) is 29.8 Å². The Hall–Kier alpha value is -1.84. The van der Waals surface area contributed by atoms with Gasteiger partial charge in [0.1, 0.15) is 12.1 Å². The third-order valence-corrected chi connectivity index (χ3v) is 4.83. The number of hydrogen-bond acceptors (Lipinski definition) is 2. The number of carbonyl (C=O) groups excluding carboxylic acids is 2. The topological polar surface area (TPSA) is 40.6 Å². The van der Waals surface area contributed by atoms with Crippen LogP contribution in [-0.4, -0.2) is 40.2 Å². The summed E-state index contributed by atoms with van der Waals surface area (Å²) in [5.41, 5.74) is 2.28. The van der Waals surface area contributed by atoms with Crippen molar-refractivity contribution < 1.29 is 9.59 Å². The van der Waals surface area contributed by atoms with E-state index in [4.69, 9.17) is 0 Å². The molecule has 2 aliphatic rings. The molecule has 3 unspecified atom stereocenters. The van der Waals surface area contributed by atoms with Crippen LogP contribution in [0, 0.1) is 6.92 Å². The summed E-state index contributed by atoms with van der Waals surface area (Å²) in [4.78, 5) is 28.8. The smallest absolute Gasteiger partial charge is 0.246 e. The molecule has 3 rings (SSSR count). The molecule has 2 heterocycles. The van der Waals surface area contributed by atoms with Crippen LogP contribution in [0.2, 0.25) is 0 Å². The third kappa shape index (κ3) is 2.23. The molecule has 4 heteroatoms. The van der Waals surface area contributed by atoms with Gasteiger partial charge in [0.25, 0.3) is 0 Å². The maximum atomic E-state index is 12.8. The fraction of sp³-hybridized carbons (Fsp3) is 0.529. The van der Waals surface area contributed by atoms with Crippen LogP contribution in [-0.2, 0) is 9.59 Å². The molecule has 0 spiro atoms. The monoisotopic (exact) mass is 286 g/mol. The highest BCUT2D eigenvalue weighted by atomic mass is 16.2. The van der Waals surface area contributed by atoms with E-state index in [-0.39, 0.29) is 29.9 Å². The van der Waals surface area contributed by atoms with E-state index in [0.717, 1.165) is 24.9 Å². The van der Waals surface area contributed by atoms with Crippen LogP contribution in [0.5, 0.6) is 0 Å². The van der Waals surface area contributed by atoms with Crippen molar-refractivity contribution in [2.75, 3.05) is 6.54 Å². The summed E-state index contributed by atoms with van der Waals surface area (Å²) in [6, 6.07) is 7.52. The van der Waals surface area contributed by atoms with Crippen LogP contribution >= 0.6 is 0 Å². The van der Waals surface area contributed by atoms with Gasteiger partial charge in [-0.05, 0) is 39.2 Å². The fourth-order valence-corrected chi connectivity index (χ4v) is 3.54. The predicted octanol–water partition coefficient (Wildman–Crippen LogP) is 2.28. The molecule has 2 amide bonds. The Bertz CT molecular complexity index is 567. The lowest BCUT2D eigenvalue weighted by Gasteiger charge is -2.44. The molecule has 3 atom stereocenters. The Morgan fingerprint density at radius 3 is 2.48 bits per heavy atom. The van der Waals surface area contributed by atoms with E-state index in [1.165, 1.54) is 5.56 Å². The summed E-state index contributed by atoms with van der Waals surface area (Å²) in [7, 11) is 0. The summed E-state index contributed by atoms with van der Waals surface area (Å²) in [5, 5.41) is 0. The molecule has 0 aromatic heterocycles. The molecule has 112 valence electrons. The van der Waals surface area contributed by atoms with Crippen molar-refractivity contribution in [1.29, 1.82) is 0 Å². The highest BCUT2D eigenvalue weighted by Gasteiger charge is 2.47. The Morgan fingerprint density at radius 2 is 1.81 bits per heavy atom. The minimum Gasteiger partial charge on any atom is -0.329 e. The van der Waals surface area contributed by atoms with Crippen LogP contribution in [0.3, 0.4) is 0 Å². The maximum Gasteiger partial charge on any atom is 0.246 e. The van der Waals surface area contributed by atoms with E-state index < -0.39 is 0 Å². The largest absolute Gasteiger partial charge is 0.329 e. The minimum atomic E-state index is -0.372. The second-order valence-electron chi connectivity index (χ2n) is 6.20. The van der Waals surface area contributed by atoms with Crippen LogP contribution < -0.4 is 0 Å². The number of piperazine rings is 1. The van der Waals surface area contributed by atoms with Gasteiger partial charge in [-0.2, -0.15) is 0 Å². The predicted molar refractivity (Wildman–Crippen MR) is 80.6 cm³/mol. The number of hydrogen-bond donors (Lipinski definition) is 0. The number of carbonyl (C=O) groups is 2. The van der Waals surface area contributed by atoms with Crippen LogP contribution in [0.4, 0.5) is 0 Å². The molecule has 4 nitrogen and oxygen atoms in total. The van der Waals surface area contributed by atoms with Crippen molar-refractivity contribution in [2.45, 2.75) is 51.7 Å². The van der Waals surface area contributed by atoms with Crippen LogP contribution in [0.25, 0.3) is 0 Å². The van der Waals surface area contributed by atoms with E-state index in [1.54, 1.807) is 9.80 Å². The van der Waals surface area contributed by atoms with Gasteiger partial charge in [-0.25, -0.2) is 0 Å². The molecule has 0 radical (unpaired) electrons. The average Bonchev–Trinajstić information content (AvgIpc) is 2.95. The maximum absolute atomic E-state index is 12.8. The van der Waals surface area contributed by atoms with Crippen molar-refractivity contribution in [2.24, 2.45) is 0 Å². The number of fused-ring (bicyclic) bond motifs is 1. The standard InChI is InChI=1S/C17H22N2O2/c1-11-6-8-14(9-7-11)12(2)19-13(3)16(20)18-10-4-5-15(18)17(19)21/h6-9,12-13,15H,4-5,10H2,1-3H3. The molecule has 0 bridgehead atoms. The van der Waals surface area contributed by atoms with Gasteiger partial charge in [-0.15, -0.1) is 0 Å². The van der Waals surface area contributed by atoms with Gasteiger partial charge in [0, 0.05) is 6.54 Å². The van der Waals surface area contributed by atoms with Crippen molar-refractivity contribution in [3.05, 3.63) is 35.4 Å². The molecule has 2 aliphatic heterocycles. The number of amides is 2. The lowest BCUT2D eigenvalue weighted by molar-refractivity contribution is -0.161. The van der Waals surface area contributed by atoms with E-state index in [2.05, 4.69) is 12.1 Å². The summed E-state index contributed by atoms with van der Waals surface area (Å²) in [5.74, 6) is 0.198. The Balaban J connectivity index is 1.90. The zero-order valence-corrected chi connectivity index (χ0v) is 12.9. The fourth-order valence-electron chi connectivity index (χ4n) is 3.54. The first kappa shape index (κ1) is 14.1. The third-order valence-electron chi connectivity index (χ3n) is 4.83. The van der Waals surface area contributed by atoms with Crippen molar-refractivity contribution in [3.8, 4) is 0 Å². The van der Waals surface area contributed by atoms with Gasteiger partial charge in [0.2, 0.25) is 11.8 Å². The van der Waals surface area contributed by atoms with Crippen molar-refractivity contribution >= 4 is 11.8 Å². The van der Waals surface area contributed by atoms with Crippen molar-refractivity contribution in [3.63, 3.8) is 0 Å². The summed E-state index contributed by atoms with van der Waals surface area (Å²) >= 11 is 0. The molecule has 0 aliphatic carbocycles. The Labute approximate surface area is 125 Å². The highest BCUT2D eigenvalue weighted by molar-refractivity contribution is 5.97. The number of nitrogens with zero attached hydrogens (tertiary/aromatic N) is 2. The lowest BCUT2D eigenvalue weighted by atomic mass is 9.99. The van der Waals surface area contributed by atoms with Gasteiger partial charge in [0.15, 0.2) is 0 Å². The van der Waals surface area contributed by atoms with Gasteiger partial charge in [-0.3, -0.25) is 9.59 Å². The zero-order chi connectivity index (χ0) is 15.1. The van der Waals surface area contributed by atoms with Gasteiger partial charge in [0.05, 0.1) is 6.04 Å². The van der Waals surface area contributed by atoms with E-state index in [1.807, 2.05) is 32.9 Å². The van der Waals surface area contributed by atoms with Crippen LogP contribution in [0.15, 0.2) is 24.3 Å². The quantitative estimate of drug-likeness (QED) is 0.837. The molecule has 1 aromatic rings. The van der Waals surface area contributed by atoms with E-state index in [9.17, 15) is 9.59 Å². The molecule has 0 N–H and O–H groups in total. The SMILES string of the molecule is Cc1ccc(C(C)N2C(=O)C3CCCN3C(=O)C2C)cc1. The normalized spacial score (nSPS) is 27.0. The van der Waals surface area contributed by atoms with Gasteiger partial charge < -0.3 is 9.80 Å². The highest BCUT2D eigenvalue weighted by Crippen LogP contribution is 2.32. The molecule has 21 heavy (non-hydrogen) atoms. The number of benzene rings is 1. The molecule has 1 aromatic carbocycles. The minimum absolute atomic E-state index is 0.0696. The zero-order valence-electron chi connectivity index (χ0n) is 12.9. The van der Waals surface area contributed by atoms with E-state index in [0.29, 0.717) is 0 Å².